The highest BCUT2D eigenvalue weighted by Crippen LogP contribution is 2.14. The molecule has 0 fully saturated rings. The number of aliphatic carboxylic acids is 1. The number of hydrogen-bond acceptors (Lipinski definition) is 2. The second kappa shape index (κ2) is 5.78. The van der Waals surface area contributed by atoms with E-state index in [1.54, 1.807) is 18.2 Å². The van der Waals surface area contributed by atoms with Crippen molar-refractivity contribution in [3.8, 4) is 6.07 Å². The van der Waals surface area contributed by atoms with Crippen LogP contribution in [0.3, 0.4) is 0 Å². The van der Waals surface area contributed by atoms with Crippen LogP contribution < -0.4 is 0 Å². The highest BCUT2D eigenvalue weighted by Gasteiger charge is 2.11. The summed E-state index contributed by atoms with van der Waals surface area (Å²) in [5.74, 6) is -1.19. The summed E-state index contributed by atoms with van der Waals surface area (Å²) in [4.78, 5) is 10.6. The van der Waals surface area contributed by atoms with Crippen molar-refractivity contribution in [1.29, 1.82) is 5.26 Å². The Balaban J connectivity index is 5.00. The van der Waals surface area contributed by atoms with Gasteiger partial charge in [0.2, 0.25) is 0 Å². The van der Waals surface area contributed by atoms with Gasteiger partial charge >= 0.3 is 5.97 Å². The van der Waals surface area contributed by atoms with Crippen LogP contribution in [0.4, 0.5) is 0 Å². The zero-order valence-corrected chi connectivity index (χ0v) is 7.29. The molecule has 3 heteroatoms. The van der Waals surface area contributed by atoms with E-state index in [2.05, 4.69) is 13.2 Å². The van der Waals surface area contributed by atoms with Crippen molar-refractivity contribution in [2.45, 2.75) is 12.8 Å². The third-order valence-electron chi connectivity index (χ3n) is 1.46. The van der Waals surface area contributed by atoms with Gasteiger partial charge in [-0.2, -0.15) is 5.26 Å². The SMILES string of the molecule is C=CCC(CC=C)=C(C#N)C(=O)O. The van der Waals surface area contributed by atoms with Crippen LogP contribution in [0.25, 0.3) is 0 Å². The van der Waals surface area contributed by atoms with Gasteiger partial charge in [0.15, 0.2) is 0 Å². The Morgan fingerprint density at radius 3 is 2.08 bits per heavy atom. The van der Waals surface area contributed by atoms with Gasteiger partial charge in [-0.05, 0) is 18.4 Å². The molecule has 1 N–H and O–H groups in total. The van der Waals surface area contributed by atoms with E-state index < -0.39 is 5.97 Å². The molecule has 0 aliphatic heterocycles. The van der Waals surface area contributed by atoms with Crippen LogP contribution in [0.1, 0.15) is 12.8 Å². The van der Waals surface area contributed by atoms with Crippen LogP contribution in [-0.2, 0) is 4.79 Å². The Kier molecular flexibility index (Phi) is 4.97. The number of nitriles is 1. The molecule has 0 unspecified atom stereocenters. The molecule has 0 radical (unpaired) electrons. The van der Waals surface area contributed by atoms with Gasteiger partial charge in [0, 0.05) is 0 Å². The summed E-state index contributed by atoms with van der Waals surface area (Å²) in [6.07, 6.45) is 3.95. The molecular formula is C10H11NO2. The average molecular weight is 177 g/mol. The number of nitrogens with zero attached hydrogens (tertiary/aromatic N) is 1. The molecule has 0 saturated carbocycles. The standard InChI is InChI=1S/C10H11NO2/c1-3-5-8(6-4-2)9(7-11)10(12)13/h3-4H,1-2,5-6H2,(H,12,13). The highest BCUT2D eigenvalue weighted by atomic mass is 16.4. The van der Waals surface area contributed by atoms with Crippen LogP contribution in [0.15, 0.2) is 36.5 Å². The fourth-order valence-electron chi connectivity index (χ4n) is 0.914. The molecule has 0 amide bonds. The predicted molar refractivity (Wildman–Crippen MR) is 49.9 cm³/mol. The summed E-state index contributed by atoms with van der Waals surface area (Å²) in [7, 11) is 0. The van der Waals surface area contributed by atoms with Gasteiger partial charge in [-0.1, -0.05) is 12.2 Å². The molecule has 0 rings (SSSR count). The molecule has 0 aromatic rings. The number of carbonyl (C=O) groups is 1. The van der Waals surface area contributed by atoms with Gasteiger partial charge in [-0.3, -0.25) is 0 Å². The van der Waals surface area contributed by atoms with E-state index in [0.717, 1.165) is 0 Å². The molecular weight excluding hydrogens is 166 g/mol. The third-order valence-corrected chi connectivity index (χ3v) is 1.46. The van der Waals surface area contributed by atoms with E-state index >= 15 is 0 Å². The maximum atomic E-state index is 10.6. The van der Waals surface area contributed by atoms with E-state index in [4.69, 9.17) is 10.4 Å². The molecule has 0 aliphatic rings. The third kappa shape index (κ3) is 3.39. The zero-order chi connectivity index (χ0) is 10.3. The van der Waals surface area contributed by atoms with Crippen molar-refractivity contribution in [1.82, 2.24) is 0 Å². The Labute approximate surface area is 77.3 Å². The predicted octanol–water partition coefficient (Wildman–Crippen LogP) is 2.04. The Morgan fingerprint density at radius 1 is 1.38 bits per heavy atom. The van der Waals surface area contributed by atoms with E-state index in [1.807, 2.05) is 0 Å². The molecule has 0 aliphatic carbocycles. The lowest BCUT2D eigenvalue weighted by Gasteiger charge is -2.01. The maximum Gasteiger partial charge on any atom is 0.346 e. The van der Waals surface area contributed by atoms with Gasteiger partial charge in [-0.15, -0.1) is 13.2 Å². The first kappa shape index (κ1) is 11.2. The Morgan fingerprint density at radius 2 is 1.85 bits per heavy atom. The lowest BCUT2D eigenvalue weighted by Crippen LogP contribution is -2.02. The quantitative estimate of drug-likeness (QED) is 0.397. The summed E-state index contributed by atoms with van der Waals surface area (Å²) in [5.41, 5.74) is 0.333. The topological polar surface area (TPSA) is 61.1 Å². The minimum absolute atomic E-state index is 0.209. The second-order valence-electron chi connectivity index (χ2n) is 2.38. The summed E-state index contributed by atoms with van der Waals surface area (Å²) >= 11 is 0. The second-order valence-corrected chi connectivity index (χ2v) is 2.38. The van der Waals surface area contributed by atoms with Crippen molar-refractivity contribution in [3.05, 3.63) is 36.5 Å². The van der Waals surface area contributed by atoms with Gasteiger partial charge in [0.25, 0.3) is 0 Å². The van der Waals surface area contributed by atoms with Crippen LogP contribution >= 0.6 is 0 Å². The van der Waals surface area contributed by atoms with Crippen molar-refractivity contribution >= 4 is 5.97 Å². The van der Waals surface area contributed by atoms with Gasteiger partial charge in [-0.25, -0.2) is 4.79 Å². The minimum atomic E-state index is -1.19. The van der Waals surface area contributed by atoms with E-state index in [1.165, 1.54) is 0 Å². The summed E-state index contributed by atoms with van der Waals surface area (Å²) in [5, 5.41) is 17.2. The molecule has 3 nitrogen and oxygen atoms in total. The molecule has 68 valence electrons. The largest absolute Gasteiger partial charge is 0.477 e. The zero-order valence-electron chi connectivity index (χ0n) is 7.29. The van der Waals surface area contributed by atoms with Gasteiger partial charge in [0.1, 0.15) is 11.6 Å². The first-order valence-electron chi connectivity index (χ1n) is 3.74. The molecule has 0 saturated heterocycles. The molecule has 0 heterocycles. The van der Waals surface area contributed by atoms with Crippen molar-refractivity contribution < 1.29 is 9.90 Å². The lowest BCUT2D eigenvalue weighted by molar-refractivity contribution is -0.132. The van der Waals surface area contributed by atoms with E-state index in [-0.39, 0.29) is 5.57 Å². The van der Waals surface area contributed by atoms with Crippen LogP contribution in [0.2, 0.25) is 0 Å². The monoisotopic (exact) mass is 177 g/mol. The number of hydrogen-bond donors (Lipinski definition) is 1. The molecule has 0 atom stereocenters. The minimum Gasteiger partial charge on any atom is -0.477 e. The van der Waals surface area contributed by atoms with Gasteiger partial charge < -0.3 is 5.11 Å². The van der Waals surface area contributed by atoms with Crippen LogP contribution in [0, 0.1) is 11.3 Å². The summed E-state index contributed by atoms with van der Waals surface area (Å²) in [6.45, 7) is 6.98. The number of allylic oxidation sites excluding steroid dienone is 3. The summed E-state index contributed by atoms with van der Waals surface area (Å²) < 4.78 is 0. The van der Waals surface area contributed by atoms with Gasteiger partial charge in [0.05, 0.1) is 0 Å². The van der Waals surface area contributed by atoms with Crippen molar-refractivity contribution in [2.75, 3.05) is 0 Å². The number of rotatable bonds is 5. The van der Waals surface area contributed by atoms with Crippen LogP contribution in [-0.4, -0.2) is 11.1 Å². The maximum absolute atomic E-state index is 10.6. The Bertz CT molecular complexity index is 283. The fraction of sp³-hybridized carbons (Fsp3) is 0.200. The lowest BCUT2D eigenvalue weighted by atomic mass is 10.0. The molecule has 0 spiro atoms. The van der Waals surface area contributed by atoms with E-state index in [0.29, 0.717) is 18.4 Å². The first-order chi connectivity index (χ1) is 6.17. The molecule has 0 bridgehead atoms. The first-order valence-corrected chi connectivity index (χ1v) is 3.74. The van der Waals surface area contributed by atoms with Crippen LogP contribution in [0.5, 0.6) is 0 Å². The normalized spacial score (nSPS) is 8.23. The van der Waals surface area contributed by atoms with E-state index in [9.17, 15) is 4.79 Å². The highest BCUT2D eigenvalue weighted by molar-refractivity contribution is 5.92. The van der Waals surface area contributed by atoms with Crippen molar-refractivity contribution in [3.63, 3.8) is 0 Å². The smallest absolute Gasteiger partial charge is 0.346 e. The molecule has 0 aromatic heterocycles. The Hall–Kier alpha value is -1.82. The molecule has 13 heavy (non-hydrogen) atoms. The van der Waals surface area contributed by atoms with Crippen molar-refractivity contribution in [2.24, 2.45) is 0 Å². The average Bonchev–Trinajstić information content (AvgIpc) is 2.05. The number of carboxylic acid groups (broad SMARTS) is 1. The fourth-order valence-corrected chi connectivity index (χ4v) is 0.914. The molecule has 0 aromatic carbocycles. The summed E-state index contributed by atoms with van der Waals surface area (Å²) in [6, 6.07) is 1.66. The number of carboxylic acids is 1.